The predicted molar refractivity (Wildman–Crippen MR) is 282 cm³/mol. The van der Waals surface area contributed by atoms with Gasteiger partial charge in [0.15, 0.2) is 18.9 Å². The number of unbranched alkanes of at least 4 members (excludes halogenated alkanes) is 19. The van der Waals surface area contributed by atoms with Crippen LogP contribution in [0.25, 0.3) is 0 Å². The molecule has 17 unspecified atom stereocenters. The highest BCUT2D eigenvalue weighted by atomic mass is 16.8. The zero-order chi connectivity index (χ0) is 54.8. The van der Waals surface area contributed by atoms with Gasteiger partial charge in [0.05, 0.1) is 38.6 Å². The van der Waals surface area contributed by atoms with Gasteiger partial charge in [-0.25, -0.2) is 0 Å². The van der Waals surface area contributed by atoms with Crippen LogP contribution in [0, 0.1) is 0 Å². The Kier molecular flexibility index (Phi) is 36.1. The van der Waals surface area contributed by atoms with E-state index in [0.29, 0.717) is 12.8 Å². The third-order valence-electron chi connectivity index (χ3n) is 14.5. The molecule has 0 aromatic heterocycles. The first-order valence-corrected chi connectivity index (χ1v) is 28.7. The Bertz CT molecular complexity index is 1520. The standard InChI is InChI=1S/C56H101NO18/c1-3-5-7-9-11-13-15-16-17-18-19-20-21-22-24-26-28-30-32-34-44(62)57-39(40(61)33-31-29-27-25-23-14-12-10-8-6-4-2)38-70-54-50(68)47(65)52(42(36-59)72-54)75-56-51(69)48(66)53(43(37-60)73-56)74-55-49(67)46(64)45(63)41(35-58)71-55/h11,13,16-17,19-20,39-43,45-56,58-61,63-69H,3-10,12,14-15,18,21-38H2,1-2H3,(H,57,62)/b13-11-,17-16-,20-19-. The van der Waals surface area contributed by atoms with Crippen LogP contribution in [-0.2, 0) is 33.2 Å². The zero-order valence-corrected chi connectivity index (χ0v) is 45.3. The lowest BCUT2D eigenvalue weighted by atomic mass is 9.96. The number of hydrogen-bond acceptors (Lipinski definition) is 18. The lowest BCUT2D eigenvalue weighted by molar-refractivity contribution is -0.379. The molecule has 17 atom stereocenters. The molecule has 0 bridgehead atoms. The number of carbonyl (C=O) groups is 1. The molecule has 3 aliphatic rings. The van der Waals surface area contributed by atoms with E-state index in [1.165, 1.54) is 64.2 Å². The molecular weight excluding hydrogens is 975 g/mol. The van der Waals surface area contributed by atoms with Crippen LogP contribution in [0.2, 0.25) is 0 Å². The Morgan fingerprint density at radius 1 is 0.480 bits per heavy atom. The minimum absolute atomic E-state index is 0.251. The molecule has 3 fully saturated rings. The molecule has 0 aromatic rings. The first kappa shape index (κ1) is 67.3. The van der Waals surface area contributed by atoms with Gasteiger partial charge in [0.25, 0.3) is 0 Å². The van der Waals surface area contributed by atoms with Gasteiger partial charge in [-0.1, -0.05) is 159 Å². The Hall–Kier alpha value is -1.99. The molecular formula is C56H101NO18. The van der Waals surface area contributed by atoms with Crippen molar-refractivity contribution in [3.8, 4) is 0 Å². The van der Waals surface area contributed by atoms with Crippen LogP contribution in [0.4, 0.5) is 0 Å². The summed E-state index contributed by atoms with van der Waals surface area (Å²) in [6.07, 6.45) is 13.8. The van der Waals surface area contributed by atoms with Gasteiger partial charge in [-0.2, -0.15) is 0 Å². The maximum Gasteiger partial charge on any atom is 0.220 e. The molecule has 12 N–H and O–H groups in total. The van der Waals surface area contributed by atoms with Gasteiger partial charge in [-0.3, -0.25) is 4.79 Å². The van der Waals surface area contributed by atoms with Gasteiger partial charge in [0.2, 0.25) is 5.91 Å². The highest BCUT2D eigenvalue weighted by Crippen LogP contribution is 2.33. The fraction of sp³-hybridized carbons (Fsp3) is 0.875. The van der Waals surface area contributed by atoms with E-state index in [1.807, 2.05) is 0 Å². The van der Waals surface area contributed by atoms with Crippen molar-refractivity contribution < 1.29 is 89.4 Å². The van der Waals surface area contributed by atoms with Crippen molar-refractivity contribution in [2.75, 3.05) is 26.4 Å². The van der Waals surface area contributed by atoms with Crippen LogP contribution in [-0.4, -0.2) is 193 Å². The summed E-state index contributed by atoms with van der Waals surface area (Å²) in [5, 5.41) is 120. The molecule has 1 amide bonds. The largest absolute Gasteiger partial charge is 0.394 e. The molecule has 438 valence electrons. The molecule has 0 aliphatic carbocycles. The number of ether oxygens (including phenoxy) is 6. The average Bonchev–Trinajstić information content (AvgIpc) is 3.41. The van der Waals surface area contributed by atoms with E-state index in [-0.39, 0.29) is 18.9 Å². The molecule has 3 saturated heterocycles. The highest BCUT2D eigenvalue weighted by molar-refractivity contribution is 5.76. The Morgan fingerprint density at radius 3 is 1.40 bits per heavy atom. The summed E-state index contributed by atoms with van der Waals surface area (Å²) in [4.78, 5) is 13.3. The van der Waals surface area contributed by atoms with Crippen LogP contribution < -0.4 is 5.32 Å². The molecule has 0 aromatic carbocycles. The van der Waals surface area contributed by atoms with Crippen LogP contribution >= 0.6 is 0 Å². The quantitative estimate of drug-likeness (QED) is 0.0302. The van der Waals surface area contributed by atoms with E-state index in [2.05, 4.69) is 55.6 Å². The molecule has 0 saturated carbocycles. The lowest BCUT2D eigenvalue weighted by Crippen LogP contribution is -2.66. The molecule has 75 heavy (non-hydrogen) atoms. The molecule has 0 radical (unpaired) electrons. The summed E-state index contributed by atoms with van der Waals surface area (Å²) < 4.78 is 34.2. The normalized spacial score (nSPS) is 31.5. The van der Waals surface area contributed by atoms with Gasteiger partial charge in [0, 0.05) is 6.42 Å². The van der Waals surface area contributed by atoms with Crippen LogP contribution in [0.1, 0.15) is 181 Å². The number of hydrogen-bond donors (Lipinski definition) is 12. The third-order valence-corrected chi connectivity index (χ3v) is 14.5. The van der Waals surface area contributed by atoms with Crippen molar-refractivity contribution in [2.45, 2.75) is 285 Å². The highest BCUT2D eigenvalue weighted by Gasteiger charge is 2.53. The van der Waals surface area contributed by atoms with Gasteiger partial charge in [0.1, 0.15) is 73.2 Å². The Balaban J connectivity index is 1.50. The fourth-order valence-electron chi connectivity index (χ4n) is 9.67. The summed E-state index contributed by atoms with van der Waals surface area (Å²) >= 11 is 0. The SMILES string of the molecule is CCCCC/C=C\C/C=C\C/C=C\CCCCCCCCC(=O)NC(COC1OC(CO)C(OC2OC(CO)C(OC3OC(CO)C(O)C(O)C3O)C(O)C2O)C(O)C1O)C(O)CCCCCCCCCCCCC. The van der Waals surface area contributed by atoms with E-state index in [4.69, 9.17) is 28.4 Å². The van der Waals surface area contributed by atoms with E-state index in [0.717, 1.165) is 83.5 Å². The lowest BCUT2D eigenvalue weighted by Gasteiger charge is -2.48. The summed E-state index contributed by atoms with van der Waals surface area (Å²) in [5.74, 6) is -0.258. The number of carbonyl (C=O) groups excluding carboxylic acids is 1. The fourth-order valence-corrected chi connectivity index (χ4v) is 9.67. The number of nitrogens with one attached hydrogen (secondary N) is 1. The summed E-state index contributed by atoms with van der Waals surface area (Å²) in [6, 6.07) is -0.892. The number of rotatable bonds is 41. The predicted octanol–water partition coefficient (Wildman–Crippen LogP) is 4.15. The summed E-state index contributed by atoms with van der Waals surface area (Å²) in [6.45, 7) is 1.71. The average molecular weight is 1080 g/mol. The van der Waals surface area contributed by atoms with Crippen molar-refractivity contribution in [1.29, 1.82) is 0 Å². The van der Waals surface area contributed by atoms with E-state index < -0.39 is 124 Å². The number of amides is 1. The maximum atomic E-state index is 13.3. The van der Waals surface area contributed by atoms with Crippen LogP contribution in [0.3, 0.4) is 0 Å². The van der Waals surface area contributed by atoms with Crippen molar-refractivity contribution in [3.63, 3.8) is 0 Å². The first-order chi connectivity index (χ1) is 36.3. The molecule has 19 heteroatoms. The van der Waals surface area contributed by atoms with Gasteiger partial charge in [-0.15, -0.1) is 0 Å². The topological polar surface area (TPSA) is 307 Å². The maximum absolute atomic E-state index is 13.3. The Morgan fingerprint density at radius 2 is 0.880 bits per heavy atom. The summed E-state index contributed by atoms with van der Waals surface area (Å²) in [5.41, 5.74) is 0. The minimum atomic E-state index is -1.97. The van der Waals surface area contributed by atoms with Crippen molar-refractivity contribution in [2.24, 2.45) is 0 Å². The second-order valence-corrected chi connectivity index (χ2v) is 20.8. The molecule has 19 nitrogen and oxygen atoms in total. The van der Waals surface area contributed by atoms with E-state index in [9.17, 15) is 61.0 Å². The van der Waals surface area contributed by atoms with E-state index in [1.54, 1.807) is 0 Å². The van der Waals surface area contributed by atoms with Crippen LogP contribution in [0.5, 0.6) is 0 Å². The van der Waals surface area contributed by atoms with Crippen molar-refractivity contribution in [1.82, 2.24) is 5.32 Å². The second-order valence-electron chi connectivity index (χ2n) is 20.8. The van der Waals surface area contributed by atoms with E-state index >= 15 is 0 Å². The van der Waals surface area contributed by atoms with Crippen molar-refractivity contribution in [3.05, 3.63) is 36.5 Å². The van der Waals surface area contributed by atoms with Gasteiger partial charge < -0.3 is 89.9 Å². The van der Waals surface area contributed by atoms with Crippen molar-refractivity contribution >= 4 is 5.91 Å². The first-order valence-electron chi connectivity index (χ1n) is 28.7. The Labute approximate surface area is 447 Å². The number of allylic oxidation sites excluding steroid dienone is 6. The summed E-state index contributed by atoms with van der Waals surface area (Å²) in [7, 11) is 0. The second kappa shape index (κ2) is 40.2. The molecule has 3 rings (SSSR count). The number of aliphatic hydroxyl groups is 11. The molecule has 0 spiro atoms. The number of aliphatic hydroxyl groups excluding tert-OH is 11. The monoisotopic (exact) mass is 1080 g/mol. The zero-order valence-electron chi connectivity index (χ0n) is 45.3. The van der Waals surface area contributed by atoms with Crippen LogP contribution in [0.15, 0.2) is 36.5 Å². The third kappa shape index (κ3) is 24.9. The smallest absolute Gasteiger partial charge is 0.220 e. The minimum Gasteiger partial charge on any atom is -0.394 e. The molecule has 3 aliphatic heterocycles. The molecule has 3 heterocycles. The van der Waals surface area contributed by atoms with Gasteiger partial charge in [-0.05, 0) is 51.4 Å². The van der Waals surface area contributed by atoms with Gasteiger partial charge >= 0.3 is 0 Å².